The third-order valence-corrected chi connectivity index (χ3v) is 2.85. The van der Waals surface area contributed by atoms with E-state index in [0.717, 1.165) is 12.2 Å². The van der Waals surface area contributed by atoms with E-state index >= 15 is 0 Å². The van der Waals surface area contributed by atoms with Crippen LogP contribution < -0.4 is 5.73 Å². The number of rotatable bonds is 4. The normalized spacial score (nSPS) is 15.0. The summed E-state index contributed by atoms with van der Waals surface area (Å²) in [5, 5.41) is 0. The summed E-state index contributed by atoms with van der Waals surface area (Å²) in [5.74, 6) is 1.09. The second-order valence-electron chi connectivity index (χ2n) is 3.97. The molecule has 0 bridgehead atoms. The van der Waals surface area contributed by atoms with Crippen molar-refractivity contribution in [1.82, 2.24) is 0 Å². The van der Waals surface area contributed by atoms with Gasteiger partial charge >= 0.3 is 0 Å². The van der Waals surface area contributed by atoms with Gasteiger partial charge in [0.15, 0.2) is 0 Å². The number of hydrogen-bond donors (Lipinski definition) is 1. The molecule has 0 aliphatic heterocycles. The lowest BCUT2D eigenvalue weighted by molar-refractivity contribution is 0.656. The largest absolute Gasteiger partial charge is 0.327 e. The number of nitrogens with two attached hydrogens (primary N) is 1. The van der Waals surface area contributed by atoms with Gasteiger partial charge in [0.05, 0.1) is 0 Å². The maximum atomic E-state index is 5.87. The van der Waals surface area contributed by atoms with Gasteiger partial charge in [-0.2, -0.15) is 11.8 Å². The molecule has 0 amide bonds. The molecule has 0 fully saturated rings. The lowest BCUT2D eigenvalue weighted by atomic mass is 10.2. The first-order valence-corrected chi connectivity index (χ1v) is 5.34. The first-order valence-electron chi connectivity index (χ1n) is 4.35. The Labute approximate surface area is 75.1 Å². The van der Waals surface area contributed by atoms with E-state index in [4.69, 9.17) is 5.73 Å². The molecule has 2 N–H and O–H groups in total. The van der Waals surface area contributed by atoms with Gasteiger partial charge in [-0.1, -0.05) is 34.1 Å². The molecule has 0 unspecified atom stereocenters. The fraction of sp³-hybridized carbons (Fsp3) is 1.00. The van der Waals surface area contributed by atoms with Crippen molar-refractivity contribution in [2.24, 2.45) is 5.73 Å². The van der Waals surface area contributed by atoms with Crippen molar-refractivity contribution >= 4 is 11.8 Å². The molecule has 0 rings (SSSR count). The van der Waals surface area contributed by atoms with Crippen LogP contribution >= 0.6 is 11.8 Å². The van der Waals surface area contributed by atoms with E-state index in [1.165, 1.54) is 6.42 Å². The highest BCUT2D eigenvalue weighted by molar-refractivity contribution is 8.00. The zero-order valence-corrected chi connectivity index (χ0v) is 9.00. The predicted octanol–water partition coefficient (Wildman–Crippen LogP) is 2.65. The molecule has 0 saturated heterocycles. The van der Waals surface area contributed by atoms with E-state index in [1.54, 1.807) is 0 Å². The smallest absolute Gasteiger partial charge is 0.0130 e. The van der Waals surface area contributed by atoms with Crippen LogP contribution in [-0.2, 0) is 0 Å². The van der Waals surface area contributed by atoms with Gasteiger partial charge < -0.3 is 5.73 Å². The Balaban J connectivity index is 3.38. The second-order valence-corrected chi connectivity index (χ2v) is 5.82. The van der Waals surface area contributed by atoms with Crippen molar-refractivity contribution in [3.63, 3.8) is 0 Å². The molecule has 0 heterocycles. The Morgan fingerprint density at radius 2 is 1.91 bits per heavy atom. The van der Waals surface area contributed by atoms with Gasteiger partial charge in [-0.3, -0.25) is 0 Å². The van der Waals surface area contributed by atoms with Crippen LogP contribution in [0.4, 0.5) is 0 Å². The summed E-state index contributed by atoms with van der Waals surface area (Å²) in [7, 11) is 0. The average Bonchev–Trinajstić information content (AvgIpc) is 1.83. The standard InChI is InChI=1S/C9H21NS/c1-5-6-8(10)7-11-9(2,3)4/h8H,5-7,10H2,1-4H3/t8-/m0/s1. The van der Waals surface area contributed by atoms with Gasteiger partial charge in [0, 0.05) is 16.5 Å². The molecule has 0 aromatic rings. The SMILES string of the molecule is CCC[C@H](N)CSC(C)(C)C. The molecule has 2 heteroatoms. The minimum absolute atomic E-state index is 0.366. The van der Waals surface area contributed by atoms with Gasteiger partial charge in [0.1, 0.15) is 0 Å². The average molecular weight is 175 g/mol. The molecule has 68 valence electrons. The zero-order chi connectivity index (χ0) is 8.91. The summed E-state index contributed by atoms with van der Waals surface area (Å²) < 4.78 is 0.366. The van der Waals surface area contributed by atoms with Gasteiger partial charge in [-0.05, 0) is 6.42 Å². The maximum Gasteiger partial charge on any atom is 0.0130 e. The highest BCUT2D eigenvalue weighted by Gasteiger charge is 2.12. The molecule has 0 aromatic heterocycles. The summed E-state index contributed by atoms with van der Waals surface area (Å²) in [6.45, 7) is 8.88. The Kier molecular flexibility index (Phi) is 5.19. The van der Waals surface area contributed by atoms with Crippen LogP contribution in [0, 0.1) is 0 Å². The quantitative estimate of drug-likeness (QED) is 0.711. The van der Waals surface area contributed by atoms with E-state index in [1.807, 2.05) is 11.8 Å². The summed E-state index contributed by atoms with van der Waals surface area (Å²) >= 11 is 1.96. The number of thioether (sulfide) groups is 1. The van der Waals surface area contributed by atoms with Crippen molar-refractivity contribution in [2.75, 3.05) is 5.75 Å². The molecule has 0 radical (unpaired) electrons. The lowest BCUT2D eigenvalue weighted by Crippen LogP contribution is -2.25. The molecule has 0 aliphatic rings. The Hall–Kier alpha value is 0.310. The summed E-state index contributed by atoms with van der Waals surface area (Å²) in [6, 6.07) is 0.393. The third kappa shape index (κ3) is 8.21. The topological polar surface area (TPSA) is 26.0 Å². The van der Waals surface area contributed by atoms with Gasteiger partial charge in [0.2, 0.25) is 0 Å². The monoisotopic (exact) mass is 175 g/mol. The molecule has 1 nitrogen and oxygen atoms in total. The highest BCUT2D eigenvalue weighted by atomic mass is 32.2. The molecule has 0 aromatic carbocycles. The van der Waals surface area contributed by atoms with Crippen LogP contribution in [0.15, 0.2) is 0 Å². The summed E-state index contributed by atoms with van der Waals surface area (Å²) in [6.07, 6.45) is 2.36. The minimum Gasteiger partial charge on any atom is -0.327 e. The van der Waals surface area contributed by atoms with Crippen molar-refractivity contribution in [1.29, 1.82) is 0 Å². The first-order chi connectivity index (χ1) is 4.95. The van der Waals surface area contributed by atoms with Crippen LogP contribution in [0.1, 0.15) is 40.5 Å². The van der Waals surface area contributed by atoms with Crippen molar-refractivity contribution in [3.8, 4) is 0 Å². The van der Waals surface area contributed by atoms with Crippen molar-refractivity contribution in [3.05, 3.63) is 0 Å². The summed E-state index contributed by atoms with van der Waals surface area (Å²) in [4.78, 5) is 0. The molecule has 0 saturated carbocycles. The molecule has 0 spiro atoms. The molecule has 0 aliphatic carbocycles. The van der Waals surface area contributed by atoms with Crippen molar-refractivity contribution in [2.45, 2.75) is 51.3 Å². The summed E-state index contributed by atoms with van der Waals surface area (Å²) in [5.41, 5.74) is 5.87. The van der Waals surface area contributed by atoms with E-state index in [2.05, 4.69) is 27.7 Å². The Morgan fingerprint density at radius 3 is 2.27 bits per heavy atom. The second kappa shape index (κ2) is 5.04. The number of hydrogen-bond acceptors (Lipinski definition) is 2. The van der Waals surface area contributed by atoms with E-state index < -0.39 is 0 Å². The van der Waals surface area contributed by atoms with Gasteiger partial charge in [0.25, 0.3) is 0 Å². The first kappa shape index (κ1) is 11.3. The molecular weight excluding hydrogens is 154 g/mol. The van der Waals surface area contributed by atoms with E-state index in [0.29, 0.717) is 10.8 Å². The Bertz CT molecular complexity index is 96.2. The lowest BCUT2D eigenvalue weighted by Gasteiger charge is -2.20. The van der Waals surface area contributed by atoms with E-state index in [9.17, 15) is 0 Å². The van der Waals surface area contributed by atoms with Gasteiger partial charge in [-0.15, -0.1) is 0 Å². The van der Waals surface area contributed by atoms with E-state index in [-0.39, 0.29) is 0 Å². The zero-order valence-electron chi connectivity index (χ0n) is 8.18. The fourth-order valence-corrected chi connectivity index (χ4v) is 1.69. The van der Waals surface area contributed by atoms with Crippen LogP contribution in [0.3, 0.4) is 0 Å². The van der Waals surface area contributed by atoms with Crippen LogP contribution in [0.2, 0.25) is 0 Å². The van der Waals surface area contributed by atoms with Crippen LogP contribution in [-0.4, -0.2) is 16.5 Å². The van der Waals surface area contributed by atoms with Crippen LogP contribution in [0.5, 0.6) is 0 Å². The van der Waals surface area contributed by atoms with Crippen molar-refractivity contribution < 1.29 is 0 Å². The maximum absolute atomic E-state index is 5.87. The fourth-order valence-electron chi connectivity index (χ4n) is 0.811. The minimum atomic E-state index is 0.366. The molecular formula is C9H21NS. The predicted molar refractivity (Wildman–Crippen MR) is 55.1 cm³/mol. The molecule has 1 atom stereocenters. The van der Waals surface area contributed by atoms with Crippen LogP contribution in [0.25, 0.3) is 0 Å². The Morgan fingerprint density at radius 1 is 1.36 bits per heavy atom. The third-order valence-electron chi connectivity index (χ3n) is 1.39. The highest BCUT2D eigenvalue weighted by Crippen LogP contribution is 2.23. The van der Waals surface area contributed by atoms with Gasteiger partial charge in [-0.25, -0.2) is 0 Å². The molecule has 11 heavy (non-hydrogen) atoms.